The van der Waals surface area contributed by atoms with Gasteiger partial charge in [-0.2, -0.15) is 4.52 Å². The van der Waals surface area contributed by atoms with Gasteiger partial charge in [-0.25, -0.2) is 4.98 Å². The summed E-state index contributed by atoms with van der Waals surface area (Å²) in [6, 6.07) is 14.9. The minimum atomic E-state index is 0.360. The van der Waals surface area contributed by atoms with Gasteiger partial charge >= 0.3 is 0 Å². The van der Waals surface area contributed by atoms with Crippen molar-refractivity contribution in [1.82, 2.24) is 24.6 Å². The number of hydrogen-bond acceptors (Lipinski definition) is 6. The number of anilines is 1. The molecule has 4 aromatic rings. The summed E-state index contributed by atoms with van der Waals surface area (Å²) in [5.74, 6) is 1.58. The van der Waals surface area contributed by atoms with Gasteiger partial charge in [0.1, 0.15) is 23.9 Å². The minimum Gasteiger partial charge on any atom is -0.487 e. The Morgan fingerprint density at radius 3 is 2.80 bits per heavy atom. The van der Waals surface area contributed by atoms with E-state index in [1.54, 1.807) is 22.8 Å². The van der Waals surface area contributed by atoms with E-state index < -0.39 is 0 Å². The molecule has 2 N–H and O–H groups in total. The third kappa shape index (κ3) is 3.12. The first kappa shape index (κ1) is 15.1. The van der Waals surface area contributed by atoms with E-state index >= 15 is 0 Å². The maximum atomic E-state index is 6.09. The first-order valence-electron chi connectivity index (χ1n) is 7.82. The van der Waals surface area contributed by atoms with Crippen molar-refractivity contribution in [3.05, 3.63) is 66.1 Å². The van der Waals surface area contributed by atoms with Gasteiger partial charge < -0.3 is 10.5 Å². The number of aryl methyl sites for hydroxylation is 1. The van der Waals surface area contributed by atoms with E-state index in [1.165, 1.54) is 0 Å². The Morgan fingerprint density at radius 1 is 1.08 bits per heavy atom. The molecule has 0 aliphatic heterocycles. The van der Waals surface area contributed by atoms with Crippen molar-refractivity contribution >= 4 is 11.5 Å². The van der Waals surface area contributed by atoms with Gasteiger partial charge in [0.05, 0.1) is 5.69 Å². The molecule has 0 aliphatic rings. The van der Waals surface area contributed by atoms with Gasteiger partial charge in [-0.05, 0) is 31.2 Å². The maximum absolute atomic E-state index is 6.09. The van der Waals surface area contributed by atoms with Crippen molar-refractivity contribution in [1.29, 1.82) is 0 Å². The van der Waals surface area contributed by atoms with Crippen LogP contribution in [0.5, 0.6) is 5.75 Å². The molecule has 0 fully saturated rings. The van der Waals surface area contributed by atoms with Gasteiger partial charge in [0.2, 0.25) is 5.82 Å². The van der Waals surface area contributed by atoms with Crippen molar-refractivity contribution in [3.63, 3.8) is 0 Å². The largest absolute Gasteiger partial charge is 0.487 e. The zero-order valence-electron chi connectivity index (χ0n) is 13.6. The summed E-state index contributed by atoms with van der Waals surface area (Å²) in [5, 5.41) is 4.40. The number of aromatic nitrogens is 5. The van der Waals surface area contributed by atoms with Gasteiger partial charge in [-0.1, -0.05) is 12.1 Å². The van der Waals surface area contributed by atoms with Crippen LogP contribution in [0.3, 0.4) is 0 Å². The molecule has 7 heteroatoms. The van der Waals surface area contributed by atoms with Crippen LogP contribution >= 0.6 is 0 Å². The quantitative estimate of drug-likeness (QED) is 0.618. The Kier molecular flexibility index (Phi) is 3.74. The van der Waals surface area contributed by atoms with Gasteiger partial charge in [-0.15, -0.1) is 5.10 Å². The standard InChI is InChI=1S/C18H16N6O/c1-12-5-4-6-13(21-12)11-25-14-9-16(19)24-17(10-14)22-18(23-24)15-7-2-3-8-20-15/h2-10H,11,19H2,1H3. The summed E-state index contributed by atoms with van der Waals surface area (Å²) in [6.07, 6.45) is 1.70. The second kappa shape index (κ2) is 6.20. The van der Waals surface area contributed by atoms with Crippen molar-refractivity contribution < 1.29 is 4.74 Å². The molecule has 124 valence electrons. The SMILES string of the molecule is Cc1cccc(COc2cc(N)n3nc(-c4ccccn4)nc3c2)n1. The van der Waals surface area contributed by atoms with Crippen LogP contribution in [0.1, 0.15) is 11.4 Å². The van der Waals surface area contributed by atoms with E-state index in [4.69, 9.17) is 10.5 Å². The number of ether oxygens (including phenoxy) is 1. The fourth-order valence-electron chi connectivity index (χ4n) is 2.51. The molecular weight excluding hydrogens is 316 g/mol. The maximum Gasteiger partial charge on any atom is 0.200 e. The summed E-state index contributed by atoms with van der Waals surface area (Å²) in [6.45, 7) is 2.31. The number of rotatable bonds is 4. The fourth-order valence-corrected chi connectivity index (χ4v) is 2.51. The van der Waals surface area contributed by atoms with Crippen LogP contribution < -0.4 is 10.5 Å². The fraction of sp³-hybridized carbons (Fsp3) is 0.111. The van der Waals surface area contributed by atoms with E-state index in [-0.39, 0.29) is 0 Å². The molecule has 0 radical (unpaired) electrons. The lowest BCUT2D eigenvalue weighted by Gasteiger charge is -2.07. The van der Waals surface area contributed by atoms with E-state index in [0.717, 1.165) is 11.4 Å². The third-order valence-corrected chi connectivity index (χ3v) is 3.66. The number of nitrogens with zero attached hydrogens (tertiary/aromatic N) is 5. The molecule has 0 aromatic carbocycles. The van der Waals surface area contributed by atoms with Crippen molar-refractivity contribution in [2.24, 2.45) is 0 Å². The van der Waals surface area contributed by atoms with Crippen LogP contribution in [0.25, 0.3) is 17.2 Å². The predicted octanol–water partition coefficient (Wildman–Crippen LogP) is 2.66. The number of nitrogen functional groups attached to an aromatic ring is 1. The molecule has 25 heavy (non-hydrogen) atoms. The smallest absolute Gasteiger partial charge is 0.200 e. The molecule has 7 nitrogen and oxygen atoms in total. The van der Waals surface area contributed by atoms with Crippen LogP contribution in [0, 0.1) is 6.92 Å². The van der Waals surface area contributed by atoms with Crippen LogP contribution in [-0.2, 0) is 6.61 Å². The molecule has 0 saturated heterocycles. The average molecular weight is 332 g/mol. The van der Waals surface area contributed by atoms with Crippen molar-refractivity contribution in [2.45, 2.75) is 13.5 Å². The highest BCUT2D eigenvalue weighted by molar-refractivity contribution is 5.58. The molecule has 0 spiro atoms. The Bertz CT molecular complexity index is 1030. The van der Waals surface area contributed by atoms with E-state index in [9.17, 15) is 0 Å². The monoisotopic (exact) mass is 332 g/mol. The molecule has 4 aromatic heterocycles. The molecule has 0 atom stereocenters. The Labute approximate surface area is 144 Å². The number of nitrogens with two attached hydrogens (primary N) is 1. The zero-order valence-corrected chi connectivity index (χ0v) is 13.6. The number of fused-ring (bicyclic) bond motifs is 1. The first-order valence-corrected chi connectivity index (χ1v) is 7.82. The van der Waals surface area contributed by atoms with Crippen LogP contribution in [0.2, 0.25) is 0 Å². The summed E-state index contributed by atoms with van der Waals surface area (Å²) >= 11 is 0. The number of pyridine rings is 3. The molecule has 0 amide bonds. The highest BCUT2D eigenvalue weighted by Gasteiger charge is 2.11. The summed E-state index contributed by atoms with van der Waals surface area (Å²) in [7, 11) is 0. The molecule has 4 heterocycles. The molecule has 0 aliphatic carbocycles. The zero-order chi connectivity index (χ0) is 17.2. The topological polar surface area (TPSA) is 91.2 Å². The lowest BCUT2D eigenvalue weighted by molar-refractivity contribution is 0.301. The normalized spacial score (nSPS) is 10.9. The molecular formula is C18H16N6O. The Morgan fingerprint density at radius 2 is 2.00 bits per heavy atom. The van der Waals surface area contributed by atoms with E-state index in [0.29, 0.717) is 35.3 Å². The summed E-state index contributed by atoms with van der Waals surface area (Å²) < 4.78 is 7.38. The summed E-state index contributed by atoms with van der Waals surface area (Å²) in [5.41, 5.74) is 9.19. The minimum absolute atomic E-state index is 0.360. The first-order chi connectivity index (χ1) is 12.2. The molecule has 0 unspecified atom stereocenters. The van der Waals surface area contributed by atoms with E-state index in [1.807, 2.05) is 43.3 Å². The lowest BCUT2D eigenvalue weighted by Crippen LogP contribution is -2.02. The van der Waals surface area contributed by atoms with Gasteiger partial charge in [0.15, 0.2) is 5.65 Å². The second-order valence-corrected chi connectivity index (χ2v) is 5.60. The van der Waals surface area contributed by atoms with Crippen LogP contribution in [0.15, 0.2) is 54.7 Å². The van der Waals surface area contributed by atoms with Crippen LogP contribution in [0.4, 0.5) is 5.82 Å². The van der Waals surface area contributed by atoms with Gasteiger partial charge in [0, 0.05) is 24.0 Å². The molecule has 4 rings (SSSR count). The lowest BCUT2D eigenvalue weighted by atomic mass is 10.3. The Balaban J connectivity index is 1.63. The predicted molar refractivity (Wildman–Crippen MR) is 93.9 cm³/mol. The molecule has 0 bridgehead atoms. The van der Waals surface area contributed by atoms with E-state index in [2.05, 4.69) is 20.1 Å². The number of hydrogen-bond donors (Lipinski definition) is 1. The van der Waals surface area contributed by atoms with Gasteiger partial charge in [-0.3, -0.25) is 9.97 Å². The van der Waals surface area contributed by atoms with Crippen molar-refractivity contribution in [2.75, 3.05) is 5.73 Å². The van der Waals surface area contributed by atoms with Crippen molar-refractivity contribution in [3.8, 4) is 17.3 Å². The highest BCUT2D eigenvalue weighted by Crippen LogP contribution is 2.22. The molecule has 0 saturated carbocycles. The van der Waals surface area contributed by atoms with Gasteiger partial charge in [0.25, 0.3) is 0 Å². The van der Waals surface area contributed by atoms with Crippen LogP contribution in [-0.4, -0.2) is 24.6 Å². The Hall–Kier alpha value is -3.48. The second-order valence-electron chi connectivity index (χ2n) is 5.60. The highest BCUT2D eigenvalue weighted by atomic mass is 16.5. The average Bonchev–Trinajstić information content (AvgIpc) is 3.06. The summed E-state index contributed by atoms with van der Waals surface area (Å²) in [4.78, 5) is 13.2. The third-order valence-electron chi connectivity index (χ3n) is 3.66.